The van der Waals surface area contributed by atoms with Crippen molar-refractivity contribution in [1.29, 1.82) is 0 Å². The summed E-state index contributed by atoms with van der Waals surface area (Å²) in [5, 5.41) is 11.2. The lowest BCUT2D eigenvalue weighted by atomic mass is 9.48. The van der Waals surface area contributed by atoms with Crippen LogP contribution in [0.1, 0.15) is 102 Å². The number of benzene rings is 2. The third-order valence-corrected chi connectivity index (χ3v) is 13.9. The Hall–Kier alpha value is -4.32. The predicted octanol–water partition coefficient (Wildman–Crippen LogP) is 9.52. The molecule has 4 fully saturated rings. The summed E-state index contributed by atoms with van der Waals surface area (Å²) < 4.78 is 91.7. The van der Waals surface area contributed by atoms with Crippen LogP contribution in [0.15, 0.2) is 58.8 Å². The largest absolute Gasteiger partial charge is 0.573 e. The SMILES string of the molecule is C#CCC1(CC(=O)OC2CC[C@]3(C)C4CC[C@]5(C)C(C(=O)NC(c6ccc(OC(F)(F)F)cc6)c6ccc(OC(F)(F)F)cc6)CCC5C4CN(CCC)C3C2)N=N1. The van der Waals surface area contributed by atoms with Gasteiger partial charge in [0.05, 0.1) is 18.9 Å². The third kappa shape index (κ3) is 8.68. The number of hydrogen-bond donors (Lipinski definition) is 1. The van der Waals surface area contributed by atoms with Gasteiger partial charge in [-0.1, -0.05) is 45.0 Å². The number of hydrogen-bond acceptors (Lipinski definition) is 8. The van der Waals surface area contributed by atoms with Crippen LogP contribution in [0, 0.1) is 46.8 Å². The normalized spacial score (nSPS) is 31.3. The Bertz CT molecular complexity index is 1830. The summed E-state index contributed by atoms with van der Waals surface area (Å²) in [7, 11) is 0. The highest BCUT2D eigenvalue weighted by Gasteiger charge is 2.63. The molecule has 0 spiro atoms. The number of ether oxygens (including phenoxy) is 3. The van der Waals surface area contributed by atoms with Crippen molar-refractivity contribution in [3.05, 3.63) is 59.7 Å². The maximum Gasteiger partial charge on any atom is 0.573 e. The number of rotatable bonds is 12. The number of halogens is 6. The molecule has 314 valence electrons. The molecule has 2 aliphatic heterocycles. The highest BCUT2D eigenvalue weighted by molar-refractivity contribution is 5.81. The molecular weight excluding hydrogens is 766 g/mol. The molecule has 15 heteroatoms. The third-order valence-electron chi connectivity index (χ3n) is 13.9. The highest BCUT2D eigenvalue weighted by Crippen LogP contribution is 2.65. The Kier molecular flexibility index (Phi) is 11.3. The molecule has 0 radical (unpaired) electrons. The maximum absolute atomic E-state index is 14.5. The first-order chi connectivity index (χ1) is 27.4. The van der Waals surface area contributed by atoms with Crippen molar-refractivity contribution in [3.63, 3.8) is 0 Å². The van der Waals surface area contributed by atoms with Gasteiger partial charge in [-0.25, -0.2) is 0 Å². The summed E-state index contributed by atoms with van der Waals surface area (Å²) in [5.74, 6) is 1.82. The Morgan fingerprint density at radius 1 is 0.879 bits per heavy atom. The Morgan fingerprint density at radius 2 is 1.45 bits per heavy atom. The second-order valence-electron chi connectivity index (χ2n) is 17.4. The van der Waals surface area contributed by atoms with Crippen LogP contribution in [0.4, 0.5) is 26.3 Å². The van der Waals surface area contributed by atoms with Crippen molar-refractivity contribution < 1.29 is 50.1 Å². The molecular formula is C43H50F6N4O5. The summed E-state index contributed by atoms with van der Waals surface area (Å²) >= 11 is 0. The zero-order chi connectivity index (χ0) is 41.7. The Morgan fingerprint density at radius 3 is 1.98 bits per heavy atom. The van der Waals surface area contributed by atoms with Crippen molar-refractivity contribution >= 4 is 11.9 Å². The van der Waals surface area contributed by atoms with Gasteiger partial charge >= 0.3 is 18.7 Å². The number of nitrogens with one attached hydrogen (secondary N) is 1. The van der Waals surface area contributed by atoms with E-state index in [0.29, 0.717) is 29.4 Å². The average molecular weight is 817 g/mol. The van der Waals surface area contributed by atoms with E-state index in [1.165, 1.54) is 24.3 Å². The van der Waals surface area contributed by atoms with Crippen molar-refractivity contribution in [3.8, 4) is 23.8 Å². The lowest BCUT2D eigenvalue weighted by Crippen LogP contribution is -2.65. The molecule has 8 atom stereocenters. The first-order valence-electron chi connectivity index (χ1n) is 20.2. The van der Waals surface area contributed by atoms with Gasteiger partial charge in [-0.05, 0) is 115 Å². The van der Waals surface area contributed by atoms with E-state index in [0.717, 1.165) is 82.3 Å². The smallest absolute Gasteiger partial charge is 0.462 e. The van der Waals surface area contributed by atoms with Crippen LogP contribution in [-0.4, -0.2) is 60.4 Å². The number of alkyl halides is 6. The molecule has 2 heterocycles. The van der Waals surface area contributed by atoms with Crippen molar-refractivity contribution in [2.75, 3.05) is 13.1 Å². The van der Waals surface area contributed by atoms with Crippen LogP contribution >= 0.6 is 0 Å². The summed E-state index contributed by atoms with van der Waals surface area (Å²) in [5.41, 5.74) is -0.296. The van der Waals surface area contributed by atoms with Gasteiger partial charge in [0.1, 0.15) is 17.6 Å². The maximum atomic E-state index is 14.5. The van der Waals surface area contributed by atoms with E-state index in [4.69, 9.17) is 11.2 Å². The first-order valence-corrected chi connectivity index (χ1v) is 20.2. The zero-order valence-electron chi connectivity index (χ0n) is 32.9. The van der Waals surface area contributed by atoms with Gasteiger partial charge < -0.3 is 19.5 Å². The molecule has 6 unspecified atom stereocenters. The van der Waals surface area contributed by atoms with Gasteiger partial charge in [0.15, 0.2) is 0 Å². The lowest BCUT2D eigenvalue weighted by molar-refractivity contribution is -0.275. The van der Waals surface area contributed by atoms with E-state index < -0.39 is 35.9 Å². The number of likely N-dealkylation sites (tertiary alicyclic amines) is 1. The Labute approximate surface area is 334 Å². The van der Waals surface area contributed by atoms with Gasteiger partial charge in [0.25, 0.3) is 0 Å². The van der Waals surface area contributed by atoms with Crippen LogP contribution in [-0.2, 0) is 14.3 Å². The molecule has 2 aromatic carbocycles. The average Bonchev–Trinajstić information content (AvgIpc) is 3.79. The monoisotopic (exact) mass is 816 g/mol. The highest BCUT2D eigenvalue weighted by atomic mass is 19.4. The van der Waals surface area contributed by atoms with Gasteiger partial charge in [0.2, 0.25) is 11.6 Å². The molecule has 2 aromatic rings. The van der Waals surface area contributed by atoms with E-state index in [1.807, 2.05) is 0 Å². The first kappa shape index (κ1) is 41.8. The van der Waals surface area contributed by atoms with Crippen molar-refractivity contribution in [1.82, 2.24) is 10.2 Å². The molecule has 5 aliphatic rings. The van der Waals surface area contributed by atoms with Gasteiger partial charge in [-0.15, -0.1) is 38.7 Å². The van der Waals surface area contributed by atoms with Gasteiger partial charge in [0, 0.05) is 24.9 Å². The fourth-order valence-corrected chi connectivity index (χ4v) is 11.3. The summed E-state index contributed by atoms with van der Waals surface area (Å²) in [6.45, 7) is 8.58. The van der Waals surface area contributed by atoms with Crippen LogP contribution < -0.4 is 14.8 Å². The standard InChI is InChI=1S/C43H50F6N4O5/c1-5-19-41(51-52-41)24-36(54)56-30-17-20-40(4)33-18-21-39(3)32(31(33)25-53(22-6-2)35(40)23-30)15-16-34(39)38(55)50-37(26-7-11-28(12-8-26)57-42(44,45)46)27-9-13-29(14-10-27)58-43(47,48)49/h1,7-14,30-35,37H,6,15-25H2,2-4H3,(H,50,55)/t30?,31?,32?,33?,34?,35?,39-,40+/m0/s1. The lowest BCUT2D eigenvalue weighted by Gasteiger charge is -2.64. The molecule has 9 nitrogen and oxygen atoms in total. The molecule has 58 heavy (non-hydrogen) atoms. The fourth-order valence-electron chi connectivity index (χ4n) is 11.3. The van der Waals surface area contributed by atoms with Crippen LogP contribution in [0.25, 0.3) is 0 Å². The molecule has 3 aliphatic carbocycles. The molecule has 1 amide bonds. The molecule has 7 rings (SSSR count). The minimum atomic E-state index is -4.90. The zero-order valence-corrected chi connectivity index (χ0v) is 32.9. The molecule has 1 saturated heterocycles. The Balaban J connectivity index is 1.08. The number of fused-ring (bicyclic) bond motifs is 5. The number of piperidine rings is 1. The minimum absolute atomic E-state index is 0.0103. The van der Waals surface area contributed by atoms with E-state index in [9.17, 15) is 35.9 Å². The summed E-state index contributed by atoms with van der Waals surface area (Å²) in [4.78, 5) is 30.1. The van der Waals surface area contributed by atoms with E-state index >= 15 is 0 Å². The molecule has 1 N–H and O–H groups in total. The van der Waals surface area contributed by atoms with E-state index in [2.05, 4.69) is 56.6 Å². The number of amides is 1. The van der Waals surface area contributed by atoms with Crippen LogP contribution in [0.2, 0.25) is 0 Å². The van der Waals surface area contributed by atoms with E-state index in [-0.39, 0.29) is 59.5 Å². The van der Waals surface area contributed by atoms with Crippen molar-refractivity contribution in [2.45, 2.75) is 122 Å². The summed E-state index contributed by atoms with van der Waals surface area (Å²) in [6, 6.07) is 9.56. The van der Waals surface area contributed by atoms with Gasteiger partial charge in [-0.3, -0.25) is 14.5 Å². The number of carbonyl (C=O) groups excluding carboxylic acids is 2. The van der Waals surface area contributed by atoms with Crippen LogP contribution in [0.5, 0.6) is 11.5 Å². The number of esters is 1. The minimum Gasteiger partial charge on any atom is -0.462 e. The number of terminal acetylenes is 1. The van der Waals surface area contributed by atoms with Crippen LogP contribution in [0.3, 0.4) is 0 Å². The second kappa shape index (κ2) is 15.7. The topological polar surface area (TPSA) is 102 Å². The number of nitrogens with zero attached hydrogens (tertiary/aromatic N) is 3. The fraction of sp³-hybridized carbons (Fsp3) is 0.628. The summed E-state index contributed by atoms with van der Waals surface area (Å²) in [6.07, 6.45) is 2.50. The molecule has 3 saturated carbocycles. The predicted molar refractivity (Wildman–Crippen MR) is 200 cm³/mol. The van der Waals surface area contributed by atoms with Gasteiger partial charge in [-0.2, -0.15) is 10.2 Å². The van der Waals surface area contributed by atoms with Crippen molar-refractivity contribution in [2.24, 2.45) is 44.7 Å². The van der Waals surface area contributed by atoms with E-state index in [1.54, 1.807) is 0 Å². The quantitative estimate of drug-likeness (QED) is 0.130. The number of carbonyl (C=O) groups is 2. The molecule has 0 aromatic heterocycles. The second-order valence-corrected chi connectivity index (χ2v) is 17.4. The molecule has 0 bridgehead atoms.